The number of fused-ring (bicyclic) bond motifs is 1. The summed E-state index contributed by atoms with van der Waals surface area (Å²) in [5, 5.41) is 5.05. The molecule has 2 heterocycles. The average molecular weight is 359 g/mol. The quantitative estimate of drug-likeness (QED) is 0.856. The Bertz CT molecular complexity index is 789. The van der Waals surface area contributed by atoms with Crippen molar-refractivity contribution in [3.63, 3.8) is 0 Å². The number of thiazole rings is 1. The molecule has 0 spiro atoms. The van der Waals surface area contributed by atoms with Gasteiger partial charge in [0.25, 0.3) is 5.91 Å². The number of benzene rings is 1. The third-order valence-corrected chi connectivity index (χ3v) is 4.78. The zero-order valence-electron chi connectivity index (χ0n) is 13.4. The molecule has 25 heavy (non-hydrogen) atoms. The second-order valence-electron chi connectivity index (χ2n) is 6.08. The van der Waals surface area contributed by atoms with Crippen LogP contribution in [0.2, 0.25) is 0 Å². The number of rotatable bonds is 6. The van der Waals surface area contributed by atoms with Gasteiger partial charge in [0, 0.05) is 23.7 Å². The van der Waals surface area contributed by atoms with Gasteiger partial charge in [-0.25, -0.2) is 4.98 Å². The van der Waals surface area contributed by atoms with Crippen molar-refractivity contribution in [2.24, 2.45) is 5.92 Å². The highest BCUT2D eigenvalue weighted by atomic mass is 32.1. The number of aromatic nitrogens is 1. The maximum Gasteiger partial charge on any atom is 0.254 e. The lowest BCUT2D eigenvalue weighted by Crippen LogP contribution is -2.39. The Kier molecular flexibility index (Phi) is 4.27. The maximum absolute atomic E-state index is 12.9. The van der Waals surface area contributed by atoms with Crippen LogP contribution >= 0.6 is 11.3 Å². The third kappa shape index (κ3) is 3.74. The van der Waals surface area contributed by atoms with Crippen molar-refractivity contribution in [2.75, 3.05) is 25.2 Å². The van der Waals surface area contributed by atoms with Crippen molar-refractivity contribution in [1.29, 1.82) is 0 Å². The Balaban J connectivity index is 1.47. The zero-order chi connectivity index (χ0) is 17.2. The van der Waals surface area contributed by atoms with Crippen LogP contribution in [-0.4, -0.2) is 41.6 Å². The lowest BCUT2D eigenvalue weighted by molar-refractivity contribution is -0.116. The summed E-state index contributed by atoms with van der Waals surface area (Å²) in [5.74, 6) is 1.24. The molecular weight excluding hydrogens is 342 g/mol. The minimum absolute atomic E-state index is 0.00333. The Morgan fingerprint density at radius 3 is 2.88 bits per heavy atom. The molecule has 0 atom stereocenters. The highest BCUT2D eigenvalue weighted by Gasteiger charge is 2.29. The van der Waals surface area contributed by atoms with E-state index in [4.69, 9.17) is 9.47 Å². The van der Waals surface area contributed by atoms with Crippen LogP contribution in [0.1, 0.15) is 23.2 Å². The number of carbonyl (C=O) groups excluding carboxylic acids is 2. The van der Waals surface area contributed by atoms with Gasteiger partial charge < -0.3 is 19.7 Å². The van der Waals surface area contributed by atoms with E-state index in [1.165, 1.54) is 11.3 Å². The fourth-order valence-electron chi connectivity index (χ4n) is 2.66. The van der Waals surface area contributed by atoms with Gasteiger partial charge in [0.1, 0.15) is 6.54 Å². The zero-order valence-corrected chi connectivity index (χ0v) is 14.3. The van der Waals surface area contributed by atoms with Crippen LogP contribution in [0.3, 0.4) is 0 Å². The van der Waals surface area contributed by atoms with Gasteiger partial charge in [-0.2, -0.15) is 0 Å². The van der Waals surface area contributed by atoms with E-state index in [9.17, 15) is 9.59 Å². The van der Waals surface area contributed by atoms with Crippen LogP contribution in [0.15, 0.2) is 29.8 Å². The summed E-state index contributed by atoms with van der Waals surface area (Å²) < 4.78 is 10.6. The van der Waals surface area contributed by atoms with E-state index in [-0.39, 0.29) is 25.2 Å². The first-order chi connectivity index (χ1) is 12.2. The van der Waals surface area contributed by atoms with Crippen LogP contribution in [0, 0.1) is 5.92 Å². The molecule has 2 aliphatic rings. The summed E-state index contributed by atoms with van der Waals surface area (Å²) in [6.07, 6.45) is 3.82. The summed E-state index contributed by atoms with van der Waals surface area (Å²) in [4.78, 5) is 30.8. The Hall–Kier alpha value is -2.61. The summed E-state index contributed by atoms with van der Waals surface area (Å²) in [7, 11) is 0. The molecule has 1 fully saturated rings. The van der Waals surface area contributed by atoms with Crippen LogP contribution in [-0.2, 0) is 4.79 Å². The average Bonchev–Trinajstić information content (AvgIpc) is 3.09. The van der Waals surface area contributed by atoms with Crippen molar-refractivity contribution < 1.29 is 19.1 Å². The highest BCUT2D eigenvalue weighted by Crippen LogP contribution is 2.34. The van der Waals surface area contributed by atoms with Gasteiger partial charge >= 0.3 is 0 Å². The molecule has 2 amide bonds. The predicted octanol–water partition coefficient (Wildman–Crippen LogP) is 2.36. The molecule has 130 valence electrons. The van der Waals surface area contributed by atoms with Gasteiger partial charge in [0.15, 0.2) is 16.6 Å². The van der Waals surface area contributed by atoms with Crippen molar-refractivity contribution in [3.05, 3.63) is 35.3 Å². The van der Waals surface area contributed by atoms with Crippen LogP contribution < -0.4 is 14.8 Å². The van der Waals surface area contributed by atoms with E-state index < -0.39 is 0 Å². The van der Waals surface area contributed by atoms with Crippen LogP contribution in [0.5, 0.6) is 11.5 Å². The number of carbonyl (C=O) groups is 2. The lowest BCUT2D eigenvalue weighted by Gasteiger charge is -2.22. The SMILES string of the molecule is O=C(CN(CC1CC1)C(=O)c1ccc2c(c1)OCO2)Nc1nccs1. The van der Waals surface area contributed by atoms with Crippen molar-refractivity contribution in [2.45, 2.75) is 12.8 Å². The first kappa shape index (κ1) is 15.9. The van der Waals surface area contributed by atoms with Crippen molar-refractivity contribution >= 4 is 28.3 Å². The normalized spacial score (nSPS) is 15.0. The molecule has 1 saturated carbocycles. The van der Waals surface area contributed by atoms with E-state index in [0.717, 1.165) is 12.8 Å². The van der Waals surface area contributed by atoms with Crippen molar-refractivity contribution in [1.82, 2.24) is 9.88 Å². The van der Waals surface area contributed by atoms with Gasteiger partial charge in [-0.05, 0) is 37.0 Å². The minimum Gasteiger partial charge on any atom is -0.454 e. The number of hydrogen-bond acceptors (Lipinski definition) is 6. The molecule has 0 unspecified atom stereocenters. The number of hydrogen-bond donors (Lipinski definition) is 1. The minimum atomic E-state index is -0.246. The predicted molar refractivity (Wildman–Crippen MR) is 91.9 cm³/mol. The summed E-state index contributed by atoms with van der Waals surface area (Å²) in [6.45, 7) is 0.747. The van der Waals surface area contributed by atoms with Crippen LogP contribution in [0.25, 0.3) is 0 Å². The molecule has 0 bridgehead atoms. The largest absolute Gasteiger partial charge is 0.454 e. The fourth-order valence-corrected chi connectivity index (χ4v) is 3.21. The molecular formula is C17H17N3O4S. The van der Waals surface area contributed by atoms with E-state index >= 15 is 0 Å². The van der Waals surface area contributed by atoms with Gasteiger partial charge in [-0.3, -0.25) is 9.59 Å². The monoisotopic (exact) mass is 359 g/mol. The van der Waals surface area contributed by atoms with Gasteiger partial charge in [0.2, 0.25) is 12.7 Å². The number of nitrogens with zero attached hydrogens (tertiary/aromatic N) is 2. The number of nitrogens with one attached hydrogen (secondary N) is 1. The standard InChI is InChI=1S/C17H17N3O4S/c21-15(19-17-18-5-6-25-17)9-20(8-11-1-2-11)16(22)12-3-4-13-14(7-12)24-10-23-13/h3-7,11H,1-2,8-10H2,(H,18,19,21). The maximum atomic E-state index is 12.9. The summed E-state index contributed by atoms with van der Waals surface area (Å²) >= 11 is 1.35. The molecule has 1 N–H and O–H groups in total. The number of ether oxygens (including phenoxy) is 2. The Morgan fingerprint density at radius 1 is 1.28 bits per heavy atom. The van der Waals surface area contributed by atoms with Gasteiger partial charge in [-0.15, -0.1) is 11.3 Å². The smallest absolute Gasteiger partial charge is 0.254 e. The molecule has 7 nitrogen and oxygen atoms in total. The van der Waals surface area contributed by atoms with Crippen molar-refractivity contribution in [3.8, 4) is 11.5 Å². The summed E-state index contributed by atoms with van der Waals surface area (Å²) in [5.41, 5.74) is 0.493. The van der Waals surface area contributed by atoms with Crippen LogP contribution in [0.4, 0.5) is 5.13 Å². The molecule has 4 rings (SSSR count). The molecule has 0 radical (unpaired) electrons. The van der Waals surface area contributed by atoms with E-state index in [2.05, 4.69) is 10.3 Å². The molecule has 1 aliphatic heterocycles. The molecule has 8 heteroatoms. The highest BCUT2D eigenvalue weighted by molar-refractivity contribution is 7.13. The van der Waals surface area contributed by atoms with Gasteiger partial charge in [0.05, 0.1) is 0 Å². The fraction of sp³-hybridized carbons (Fsp3) is 0.353. The second kappa shape index (κ2) is 6.72. The lowest BCUT2D eigenvalue weighted by atomic mass is 10.1. The molecule has 1 aliphatic carbocycles. The molecule has 2 aromatic rings. The molecule has 1 aromatic heterocycles. The van der Waals surface area contributed by atoms with E-state index in [1.54, 1.807) is 34.7 Å². The first-order valence-corrected chi connectivity index (χ1v) is 8.95. The first-order valence-electron chi connectivity index (χ1n) is 8.07. The van der Waals surface area contributed by atoms with Gasteiger partial charge in [-0.1, -0.05) is 0 Å². The van der Waals surface area contributed by atoms with E-state index in [1.807, 2.05) is 0 Å². The number of amides is 2. The molecule has 0 saturated heterocycles. The topological polar surface area (TPSA) is 80.8 Å². The van der Waals surface area contributed by atoms with E-state index in [0.29, 0.717) is 34.7 Å². The summed E-state index contributed by atoms with van der Waals surface area (Å²) in [6, 6.07) is 5.10. The Labute approximate surface area is 148 Å². The third-order valence-electron chi connectivity index (χ3n) is 4.10. The molecule has 1 aromatic carbocycles. The second-order valence-corrected chi connectivity index (χ2v) is 6.98. The Morgan fingerprint density at radius 2 is 2.12 bits per heavy atom. The number of anilines is 1.